The summed E-state index contributed by atoms with van der Waals surface area (Å²) in [6.45, 7) is 2.24. The van der Waals surface area contributed by atoms with Gasteiger partial charge in [-0.3, -0.25) is 4.90 Å². The molecule has 3 rings (SSSR count). The number of aliphatic hydroxyl groups excluding tert-OH is 1. The van der Waals surface area contributed by atoms with E-state index in [1.54, 1.807) is 6.33 Å². The maximum absolute atomic E-state index is 10.2. The lowest BCUT2D eigenvalue weighted by molar-refractivity contribution is 0.00400. The van der Waals surface area contributed by atoms with Crippen LogP contribution in [0.1, 0.15) is 44.2 Å². The average Bonchev–Trinajstić information content (AvgIpc) is 2.56. The fraction of sp³-hybridized carbons (Fsp3) is 0.765. The Bertz CT molecular complexity index is 473. The van der Waals surface area contributed by atoms with Crippen LogP contribution in [0.2, 0.25) is 0 Å². The van der Waals surface area contributed by atoms with Gasteiger partial charge in [-0.25, -0.2) is 9.97 Å². The van der Waals surface area contributed by atoms with E-state index in [4.69, 9.17) is 0 Å². The molecule has 2 atom stereocenters. The van der Waals surface area contributed by atoms with E-state index in [1.165, 1.54) is 32.1 Å². The highest BCUT2D eigenvalue weighted by molar-refractivity contribution is 5.33. The van der Waals surface area contributed by atoms with Crippen molar-refractivity contribution >= 4 is 5.82 Å². The molecule has 22 heavy (non-hydrogen) atoms. The predicted octanol–water partition coefficient (Wildman–Crippen LogP) is 2.08. The van der Waals surface area contributed by atoms with Crippen LogP contribution in [0, 0.1) is 5.92 Å². The lowest BCUT2D eigenvalue weighted by Gasteiger charge is -2.41. The topological polar surface area (TPSA) is 61.3 Å². The zero-order chi connectivity index (χ0) is 15.4. The third-order valence-electron chi connectivity index (χ3n) is 5.29. The van der Waals surface area contributed by atoms with Gasteiger partial charge in [-0.2, -0.15) is 0 Å². The summed E-state index contributed by atoms with van der Waals surface area (Å²) in [6, 6.07) is 2.46. The lowest BCUT2D eigenvalue weighted by Crippen LogP contribution is -2.49. The normalized spacial score (nSPS) is 27.7. The van der Waals surface area contributed by atoms with Crippen LogP contribution >= 0.6 is 0 Å². The van der Waals surface area contributed by atoms with Crippen molar-refractivity contribution in [2.24, 2.45) is 5.92 Å². The van der Waals surface area contributed by atoms with E-state index in [1.807, 2.05) is 7.05 Å². The molecule has 2 aliphatic rings. The van der Waals surface area contributed by atoms with Gasteiger partial charge in [0.2, 0.25) is 0 Å². The lowest BCUT2D eigenvalue weighted by atomic mass is 9.87. The Morgan fingerprint density at radius 2 is 1.95 bits per heavy atom. The van der Waals surface area contributed by atoms with E-state index >= 15 is 0 Å². The van der Waals surface area contributed by atoms with Gasteiger partial charge in [0.1, 0.15) is 12.1 Å². The average molecular weight is 304 g/mol. The molecular weight excluding hydrogens is 276 g/mol. The van der Waals surface area contributed by atoms with Crippen molar-refractivity contribution in [2.45, 2.75) is 57.1 Å². The third-order valence-corrected chi connectivity index (χ3v) is 5.29. The van der Waals surface area contributed by atoms with Gasteiger partial charge < -0.3 is 10.4 Å². The van der Waals surface area contributed by atoms with Gasteiger partial charge in [-0.05, 0) is 51.1 Å². The molecule has 0 aromatic carbocycles. The number of anilines is 1. The summed E-state index contributed by atoms with van der Waals surface area (Å²) < 4.78 is 0. The van der Waals surface area contributed by atoms with E-state index in [9.17, 15) is 5.11 Å². The molecule has 2 fully saturated rings. The van der Waals surface area contributed by atoms with E-state index < -0.39 is 0 Å². The minimum atomic E-state index is -0.106. The molecule has 122 valence electrons. The number of aromatic nitrogens is 2. The van der Waals surface area contributed by atoms with Gasteiger partial charge >= 0.3 is 0 Å². The SMILES string of the molecule is CNc1cc(CC2CCN([C@H]3CCCC[C@H]3O)CC2)ncn1. The molecule has 1 saturated heterocycles. The first-order chi connectivity index (χ1) is 10.8. The quantitative estimate of drug-likeness (QED) is 0.892. The Hall–Kier alpha value is -1.20. The number of rotatable bonds is 4. The highest BCUT2D eigenvalue weighted by atomic mass is 16.3. The number of hydrogen-bond acceptors (Lipinski definition) is 5. The number of nitrogens with zero attached hydrogens (tertiary/aromatic N) is 3. The van der Waals surface area contributed by atoms with Crippen molar-refractivity contribution < 1.29 is 5.11 Å². The van der Waals surface area contributed by atoms with Gasteiger partial charge in [0.25, 0.3) is 0 Å². The fourth-order valence-corrected chi connectivity index (χ4v) is 3.95. The van der Waals surface area contributed by atoms with Crippen LogP contribution in [0.4, 0.5) is 5.82 Å². The first kappa shape index (κ1) is 15.7. The van der Waals surface area contributed by atoms with E-state index in [-0.39, 0.29) is 6.10 Å². The van der Waals surface area contributed by atoms with Crippen LogP contribution in [0.15, 0.2) is 12.4 Å². The van der Waals surface area contributed by atoms with Crippen molar-refractivity contribution in [1.82, 2.24) is 14.9 Å². The van der Waals surface area contributed by atoms with Crippen LogP contribution in [0.25, 0.3) is 0 Å². The Kier molecular flexibility index (Phi) is 5.26. The maximum atomic E-state index is 10.2. The van der Waals surface area contributed by atoms with Gasteiger partial charge in [0, 0.05) is 24.8 Å². The van der Waals surface area contributed by atoms with Crippen LogP contribution < -0.4 is 5.32 Å². The van der Waals surface area contributed by atoms with E-state index in [0.29, 0.717) is 12.0 Å². The maximum Gasteiger partial charge on any atom is 0.129 e. The number of hydrogen-bond donors (Lipinski definition) is 2. The molecule has 1 saturated carbocycles. The largest absolute Gasteiger partial charge is 0.391 e. The molecule has 5 nitrogen and oxygen atoms in total. The van der Waals surface area contributed by atoms with Gasteiger partial charge in [0.15, 0.2) is 0 Å². The Morgan fingerprint density at radius 1 is 1.18 bits per heavy atom. The summed E-state index contributed by atoms with van der Waals surface area (Å²) in [5.41, 5.74) is 1.13. The monoisotopic (exact) mass is 304 g/mol. The minimum Gasteiger partial charge on any atom is -0.391 e. The third kappa shape index (κ3) is 3.76. The molecule has 0 radical (unpaired) electrons. The second kappa shape index (κ2) is 7.38. The number of aliphatic hydroxyl groups is 1. The molecule has 1 aliphatic heterocycles. The summed E-state index contributed by atoms with van der Waals surface area (Å²) in [6.07, 6.45) is 9.62. The summed E-state index contributed by atoms with van der Waals surface area (Å²) in [5, 5.41) is 13.3. The highest BCUT2D eigenvalue weighted by Crippen LogP contribution is 2.28. The molecule has 2 heterocycles. The number of likely N-dealkylation sites (tertiary alicyclic amines) is 1. The molecular formula is C17H28N4O. The van der Waals surface area contributed by atoms with Gasteiger partial charge in [0.05, 0.1) is 6.10 Å². The summed E-state index contributed by atoms with van der Waals surface area (Å²) in [7, 11) is 1.89. The fourth-order valence-electron chi connectivity index (χ4n) is 3.95. The molecule has 0 spiro atoms. The summed E-state index contributed by atoms with van der Waals surface area (Å²) in [4.78, 5) is 11.1. The number of nitrogens with one attached hydrogen (secondary N) is 1. The highest BCUT2D eigenvalue weighted by Gasteiger charge is 2.31. The van der Waals surface area contributed by atoms with Crippen molar-refractivity contribution in [3.8, 4) is 0 Å². The first-order valence-corrected chi connectivity index (χ1v) is 8.67. The van der Waals surface area contributed by atoms with E-state index in [2.05, 4.69) is 26.3 Å². The van der Waals surface area contributed by atoms with Crippen molar-refractivity contribution in [3.63, 3.8) is 0 Å². The summed E-state index contributed by atoms with van der Waals surface area (Å²) in [5.74, 6) is 1.60. The molecule has 2 N–H and O–H groups in total. The van der Waals surface area contributed by atoms with Crippen molar-refractivity contribution in [2.75, 3.05) is 25.5 Å². The second-order valence-corrected chi connectivity index (χ2v) is 6.75. The van der Waals surface area contributed by atoms with Gasteiger partial charge in [-0.15, -0.1) is 0 Å². The second-order valence-electron chi connectivity index (χ2n) is 6.75. The standard InChI is InChI=1S/C17H28N4O/c1-18-17-11-14(19-12-20-17)10-13-6-8-21(9-7-13)15-4-2-3-5-16(15)22/h11-13,15-16,22H,2-10H2,1H3,(H,18,19,20)/t15-,16+/m0/s1. The van der Waals surface area contributed by atoms with E-state index in [0.717, 1.165) is 37.4 Å². The molecule has 0 amide bonds. The Morgan fingerprint density at radius 3 is 2.68 bits per heavy atom. The summed E-state index contributed by atoms with van der Waals surface area (Å²) >= 11 is 0. The molecule has 0 unspecified atom stereocenters. The minimum absolute atomic E-state index is 0.106. The Labute approximate surface area is 133 Å². The van der Waals surface area contributed by atoms with Crippen molar-refractivity contribution in [3.05, 3.63) is 18.1 Å². The van der Waals surface area contributed by atoms with Crippen LogP contribution in [0.5, 0.6) is 0 Å². The smallest absolute Gasteiger partial charge is 0.129 e. The van der Waals surface area contributed by atoms with Crippen molar-refractivity contribution in [1.29, 1.82) is 0 Å². The predicted molar refractivity (Wildman–Crippen MR) is 87.8 cm³/mol. The molecule has 5 heteroatoms. The van der Waals surface area contributed by atoms with Gasteiger partial charge in [-0.1, -0.05) is 12.8 Å². The molecule has 1 aromatic heterocycles. The van der Waals surface area contributed by atoms with Crippen LogP contribution in [0.3, 0.4) is 0 Å². The molecule has 1 aromatic rings. The Balaban J connectivity index is 1.51. The first-order valence-electron chi connectivity index (χ1n) is 8.67. The molecule has 1 aliphatic carbocycles. The zero-order valence-corrected chi connectivity index (χ0v) is 13.5. The zero-order valence-electron chi connectivity index (χ0n) is 13.5. The van der Waals surface area contributed by atoms with Crippen LogP contribution in [-0.4, -0.2) is 52.3 Å². The molecule has 0 bridgehead atoms. The van der Waals surface area contributed by atoms with Crippen LogP contribution in [-0.2, 0) is 6.42 Å². The number of piperidine rings is 1.